The van der Waals surface area contributed by atoms with E-state index >= 15 is 0 Å². The molecule has 0 saturated carbocycles. The molecule has 0 aliphatic carbocycles. The number of aromatic nitrogens is 2. The van der Waals surface area contributed by atoms with E-state index in [4.69, 9.17) is 4.42 Å². The lowest BCUT2D eigenvalue weighted by molar-refractivity contribution is 0.102. The van der Waals surface area contributed by atoms with Crippen LogP contribution in [0, 0.1) is 0 Å². The van der Waals surface area contributed by atoms with E-state index in [2.05, 4.69) is 47.4 Å². The normalized spacial score (nSPS) is 10.5. The van der Waals surface area contributed by atoms with E-state index < -0.39 is 0 Å². The van der Waals surface area contributed by atoms with Crippen molar-refractivity contribution in [2.24, 2.45) is 0 Å². The molecular weight excluding hydrogens is 414 g/mol. The van der Waals surface area contributed by atoms with Crippen molar-refractivity contribution in [2.75, 3.05) is 5.32 Å². The standard InChI is InChI=1S/C15H9Br2N3O2/c16-11-5-1-9(2-6-11)13(21)18-15-20-19-14(22-15)10-3-7-12(17)8-4-10/h1-8H,(H,18,20,21). The van der Waals surface area contributed by atoms with E-state index in [0.717, 1.165) is 14.5 Å². The van der Waals surface area contributed by atoms with Crippen LogP contribution in [0.4, 0.5) is 6.01 Å². The van der Waals surface area contributed by atoms with Crippen molar-refractivity contribution in [3.05, 3.63) is 63.0 Å². The van der Waals surface area contributed by atoms with Gasteiger partial charge in [0.05, 0.1) is 0 Å². The molecule has 1 amide bonds. The molecule has 0 radical (unpaired) electrons. The molecular formula is C15H9Br2N3O2. The number of benzene rings is 2. The average molecular weight is 423 g/mol. The van der Waals surface area contributed by atoms with Crippen LogP contribution in [-0.2, 0) is 0 Å². The molecule has 0 spiro atoms. The molecule has 0 saturated heterocycles. The third-order valence-electron chi connectivity index (χ3n) is 2.84. The number of hydrogen-bond acceptors (Lipinski definition) is 4. The minimum atomic E-state index is -0.307. The van der Waals surface area contributed by atoms with Crippen LogP contribution in [0.1, 0.15) is 10.4 Å². The first kappa shape index (κ1) is 14.9. The molecule has 0 fully saturated rings. The first-order valence-electron chi connectivity index (χ1n) is 6.28. The monoisotopic (exact) mass is 421 g/mol. The highest BCUT2D eigenvalue weighted by molar-refractivity contribution is 9.10. The summed E-state index contributed by atoms with van der Waals surface area (Å²) < 4.78 is 7.31. The van der Waals surface area contributed by atoms with Gasteiger partial charge in [0.15, 0.2) is 0 Å². The van der Waals surface area contributed by atoms with Gasteiger partial charge in [0.2, 0.25) is 5.89 Å². The predicted molar refractivity (Wildman–Crippen MR) is 89.5 cm³/mol. The predicted octanol–water partition coefficient (Wildman–Crippen LogP) is 4.51. The summed E-state index contributed by atoms with van der Waals surface area (Å²) in [5.41, 5.74) is 1.28. The Morgan fingerprint density at radius 2 is 1.50 bits per heavy atom. The second kappa shape index (κ2) is 6.41. The Kier molecular flexibility index (Phi) is 4.35. The molecule has 2 aromatic carbocycles. The Bertz CT molecular complexity index is 798. The largest absolute Gasteiger partial charge is 0.403 e. The number of rotatable bonds is 3. The van der Waals surface area contributed by atoms with Gasteiger partial charge in [-0.15, -0.1) is 5.10 Å². The summed E-state index contributed by atoms with van der Waals surface area (Å²) in [6, 6.07) is 14.5. The summed E-state index contributed by atoms with van der Waals surface area (Å²) in [4.78, 5) is 12.1. The summed E-state index contributed by atoms with van der Waals surface area (Å²) in [6.07, 6.45) is 0. The average Bonchev–Trinajstić information content (AvgIpc) is 2.97. The van der Waals surface area contributed by atoms with Crippen LogP contribution >= 0.6 is 31.9 Å². The Balaban J connectivity index is 1.75. The van der Waals surface area contributed by atoms with Gasteiger partial charge in [-0.2, -0.15) is 0 Å². The molecule has 0 aliphatic heterocycles. The molecule has 1 heterocycles. The molecule has 0 atom stereocenters. The van der Waals surface area contributed by atoms with E-state index in [1.54, 1.807) is 24.3 Å². The molecule has 3 aromatic rings. The molecule has 110 valence electrons. The highest BCUT2D eigenvalue weighted by atomic mass is 79.9. The fourth-order valence-electron chi connectivity index (χ4n) is 1.75. The van der Waals surface area contributed by atoms with E-state index in [1.165, 1.54) is 0 Å². The van der Waals surface area contributed by atoms with Crippen LogP contribution < -0.4 is 5.32 Å². The van der Waals surface area contributed by atoms with Gasteiger partial charge in [0.1, 0.15) is 0 Å². The first-order valence-corrected chi connectivity index (χ1v) is 7.87. The lowest BCUT2D eigenvalue weighted by atomic mass is 10.2. The molecule has 3 rings (SSSR count). The van der Waals surface area contributed by atoms with Gasteiger partial charge < -0.3 is 4.42 Å². The molecule has 22 heavy (non-hydrogen) atoms. The van der Waals surface area contributed by atoms with Crippen LogP contribution in [0.5, 0.6) is 0 Å². The van der Waals surface area contributed by atoms with Crippen LogP contribution in [0.25, 0.3) is 11.5 Å². The molecule has 1 N–H and O–H groups in total. The third kappa shape index (κ3) is 3.42. The van der Waals surface area contributed by atoms with Gasteiger partial charge in [-0.1, -0.05) is 37.0 Å². The quantitative estimate of drug-likeness (QED) is 0.673. The maximum atomic E-state index is 12.1. The zero-order chi connectivity index (χ0) is 15.5. The lowest BCUT2D eigenvalue weighted by Crippen LogP contribution is -2.11. The van der Waals surface area contributed by atoms with Gasteiger partial charge in [-0.05, 0) is 48.5 Å². The minimum absolute atomic E-state index is 0.0610. The number of hydrogen-bond donors (Lipinski definition) is 1. The van der Waals surface area contributed by atoms with Crippen molar-refractivity contribution >= 4 is 43.8 Å². The van der Waals surface area contributed by atoms with Gasteiger partial charge in [-0.25, -0.2) is 0 Å². The Morgan fingerprint density at radius 3 is 2.14 bits per heavy atom. The number of nitrogens with zero attached hydrogens (tertiary/aromatic N) is 2. The van der Waals surface area contributed by atoms with Gasteiger partial charge in [0, 0.05) is 20.1 Å². The molecule has 5 nitrogen and oxygen atoms in total. The number of nitrogens with one attached hydrogen (secondary N) is 1. The summed E-state index contributed by atoms with van der Waals surface area (Å²) in [5.74, 6) is 0.0390. The minimum Gasteiger partial charge on any atom is -0.403 e. The van der Waals surface area contributed by atoms with Crippen molar-refractivity contribution in [2.45, 2.75) is 0 Å². The lowest BCUT2D eigenvalue weighted by Gasteiger charge is -2.00. The highest BCUT2D eigenvalue weighted by Gasteiger charge is 2.12. The summed E-state index contributed by atoms with van der Waals surface area (Å²) in [6.45, 7) is 0. The fourth-order valence-corrected chi connectivity index (χ4v) is 2.28. The highest BCUT2D eigenvalue weighted by Crippen LogP contribution is 2.22. The first-order chi connectivity index (χ1) is 10.6. The fraction of sp³-hybridized carbons (Fsp3) is 0. The number of carbonyl (C=O) groups excluding carboxylic acids is 1. The number of anilines is 1. The smallest absolute Gasteiger partial charge is 0.322 e. The van der Waals surface area contributed by atoms with Gasteiger partial charge in [0.25, 0.3) is 5.91 Å². The second-order valence-electron chi connectivity index (χ2n) is 4.38. The van der Waals surface area contributed by atoms with Gasteiger partial charge >= 0.3 is 6.01 Å². The van der Waals surface area contributed by atoms with Crippen molar-refractivity contribution < 1.29 is 9.21 Å². The molecule has 0 bridgehead atoms. The van der Waals surface area contributed by atoms with Crippen LogP contribution in [0.3, 0.4) is 0 Å². The van der Waals surface area contributed by atoms with Crippen molar-refractivity contribution in [3.8, 4) is 11.5 Å². The maximum absolute atomic E-state index is 12.1. The summed E-state index contributed by atoms with van der Waals surface area (Å²) >= 11 is 6.68. The molecule has 7 heteroatoms. The number of halogens is 2. The molecule has 0 unspecified atom stereocenters. The zero-order valence-electron chi connectivity index (χ0n) is 11.1. The van der Waals surface area contributed by atoms with E-state index in [0.29, 0.717) is 11.5 Å². The van der Waals surface area contributed by atoms with E-state index in [-0.39, 0.29) is 11.9 Å². The van der Waals surface area contributed by atoms with Crippen LogP contribution in [0.15, 0.2) is 61.9 Å². The number of carbonyl (C=O) groups is 1. The topological polar surface area (TPSA) is 68.0 Å². The van der Waals surface area contributed by atoms with Crippen molar-refractivity contribution in [1.29, 1.82) is 0 Å². The van der Waals surface area contributed by atoms with Crippen molar-refractivity contribution in [1.82, 2.24) is 10.2 Å². The Hall–Kier alpha value is -1.99. The second-order valence-corrected chi connectivity index (χ2v) is 6.21. The van der Waals surface area contributed by atoms with E-state index in [9.17, 15) is 4.79 Å². The third-order valence-corrected chi connectivity index (χ3v) is 3.90. The van der Waals surface area contributed by atoms with Gasteiger partial charge in [-0.3, -0.25) is 10.1 Å². The number of amides is 1. The zero-order valence-corrected chi connectivity index (χ0v) is 14.3. The van der Waals surface area contributed by atoms with Crippen LogP contribution in [-0.4, -0.2) is 16.1 Å². The Labute approximate surface area is 143 Å². The summed E-state index contributed by atoms with van der Waals surface area (Å²) in [7, 11) is 0. The summed E-state index contributed by atoms with van der Waals surface area (Å²) in [5, 5.41) is 10.3. The van der Waals surface area contributed by atoms with E-state index in [1.807, 2.05) is 24.3 Å². The Morgan fingerprint density at radius 1 is 0.909 bits per heavy atom. The van der Waals surface area contributed by atoms with Crippen molar-refractivity contribution in [3.63, 3.8) is 0 Å². The molecule has 0 aliphatic rings. The van der Waals surface area contributed by atoms with Crippen LogP contribution in [0.2, 0.25) is 0 Å². The SMILES string of the molecule is O=C(Nc1nnc(-c2ccc(Br)cc2)o1)c1ccc(Br)cc1. The molecule has 1 aromatic heterocycles. The maximum Gasteiger partial charge on any atom is 0.322 e.